The maximum absolute atomic E-state index is 11.2. The topological polar surface area (TPSA) is 49.3 Å². The SMILES string of the molecule is Cl.O=C(O)c1cccc2c1C1(CC1)CNC2. The van der Waals surface area contributed by atoms with Crippen LogP contribution in [0.25, 0.3) is 0 Å². The predicted molar refractivity (Wildman–Crippen MR) is 63.3 cm³/mol. The van der Waals surface area contributed by atoms with Crippen LogP contribution < -0.4 is 5.32 Å². The van der Waals surface area contributed by atoms with Gasteiger partial charge in [0.15, 0.2) is 0 Å². The normalized spacial score (nSPS) is 19.8. The number of carboxylic acid groups (broad SMARTS) is 1. The minimum atomic E-state index is -0.792. The fraction of sp³-hybridized carbons (Fsp3) is 0.417. The predicted octanol–water partition coefficient (Wildman–Crippen LogP) is 1.94. The Balaban J connectivity index is 0.000000963. The third kappa shape index (κ3) is 1.51. The van der Waals surface area contributed by atoms with Gasteiger partial charge in [0, 0.05) is 18.5 Å². The molecule has 1 aliphatic heterocycles. The van der Waals surface area contributed by atoms with Gasteiger partial charge < -0.3 is 10.4 Å². The molecule has 2 N–H and O–H groups in total. The average molecular weight is 240 g/mol. The van der Waals surface area contributed by atoms with E-state index in [4.69, 9.17) is 0 Å². The largest absolute Gasteiger partial charge is 0.478 e. The highest BCUT2D eigenvalue weighted by Crippen LogP contribution is 2.51. The molecule has 1 aliphatic carbocycles. The Labute approximate surface area is 100 Å². The molecule has 1 spiro atoms. The molecule has 4 heteroatoms. The van der Waals surface area contributed by atoms with E-state index in [9.17, 15) is 9.90 Å². The average Bonchev–Trinajstić information content (AvgIpc) is 2.98. The number of nitrogens with one attached hydrogen (secondary N) is 1. The molecule has 1 saturated carbocycles. The maximum atomic E-state index is 11.2. The van der Waals surface area contributed by atoms with Gasteiger partial charge in [-0.1, -0.05) is 12.1 Å². The van der Waals surface area contributed by atoms with Crippen molar-refractivity contribution in [1.29, 1.82) is 0 Å². The number of fused-ring (bicyclic) bond motifs is 2. The van der Waals surface area contributed by atoms with E-state index in [1.807, 2.05) is 12.1 Å². The zero-order valence-electron chi connectivity index (χ0n) is 8.82. The van der Waals surface area contributed by atoms with Gasteiger partial charge in [-0.2, -0.15) is 0 Å². The Morgan fingerprint density at radius 2 is 2.12 bits per heavy atom. The van der Waals surface area contributed by atoms with Gasteiger partial charge in [0.1, 0.15) is 0 Å². The smallest absolute Gasteiger partial charge is 0.335 e. The van der Waals surface area contributed by atoms with Crippen molar-refractivity contribution < 1.29 is 9.90 Å². The summed E-state index contributed by atoms with van der Waals surface area (Å²) in [7, 11) is 0. The summed E-state index contributed by atoms with van der Waals surface area (Å²) >= 11 is 0. The summed E-state index contributed by atoms with van der Waals surface area (Å²) < 4.78 is 0. The molecule has 1 heterocycles. The number of carboxylic acids is 1. The molecule has 16 heavy (non-hydrogen) atoms. The van der Waals surface area contributed by atoms with Crippen LogP contribution in [0.1, 0.15) is 34.3 Å². The number of benzene rings is 1. The van der Waals surface area contributed by atoms with Crippen molar-refractivity contribution >= 4 is 18.4 Å². The summed E-state index contributed by atoms with van der Waals surface area (Å²) in [6, 6.07) is 5.60. The lowest BCUT2D eigenvalue weighted by molar-refractivity contribution is 0.0694. The van der Waals surface area contributed by atoms with Gasteiger partial charge in [-0.3, -0.25) is 0 Å². The van der Waals surface area contributed by atoms with Crippen LogP contribution in [0.3, 0.4) is 0 Å². The quantitative estimate of drug-likeness (QED) is 0.788. The lowest BCUT2D eigenvalue weighted by Crippen LogP contribution is -2.34. The molecule has 2 aliphatic rings. The van der Waals surface area contributed by atoms with Crippen LogP contribution in [0.4, 0.5) is 0 Å². The fourth-order valence-corrected chi connectivity index (χ4v) is 2.65. The summed E-state index contributed by atoms with van der Waals surface area (Å²) in [4.78, 5) is 11.2. The highest BCUT2D eigenvalue weighted by Gasteiger charge is 2.48. The van der Waals surface area contributed by atoms with Gasteiger partial charge in [0.2, 0.25) is 0 Å². The molecule has 86 valence electrons. The van der Waals surface area contributed by atoms with Crippen LogP contribution in [0.5, 0.6) is 0 Å². The van der Waals surface area contributed by atoms with E-state index in [-0.39, 0.29) is 17.8 Å². The monoisotopic (exact) mass is 239 g/mol. The van der Waals surface area contributed by atoms with E-state index in [1.165, 1.54) is 5.56 Å². The van der Waals surface area contributed by atoms with Crippen LogP contribution in [-0.4, -0.2) is 17.6 Å². The van der Waals surface area contributed by atoms with Gasteiger partial charge in [-0.15, -0.1) is 12.4 Å². The molecule has 1 fully saturated rings. The molecule has 0 radical (unpaired) electrons. The molecular weight excluding hydrogens is 226 g/mol. The second kappa shape index (κ2) is 3.75. The van der Waals surface area contributed by atoms with Gasteiger partial charge in [-0.05, 0) is 30.0 Å². The first-order valence-electron chi connectivity index (χ1n) is 5.29. The Morgan fingerprint density at radius 3 is 2.75 bits per heavy atom. The molecule has 0 unspecified atom stereocenters. The Bertz CT molecular complexity index is 441. The third-order valence-electron chi connectivity index (χ3n) is 3.54. The number of rotatable bonds is 1. The van der Waals surface area contributed by atoms with Crippen LogP contribution in [0, 0.1) is 0 Å². The molecule has 0 atom stereocenters. The number of hydrogen-bond donors (Lipinski definition) is 2. The maximum Gasteiger partial charge on any atom is 0.335 e. The van der Waals surface area contributed by atoms with Crippen LogP contribution >= 0.6 is 12.4 Å². The zero-order chi connectivity index (χ0) is 10.5. The lowest BCUT2D eigenvalue weighted by Gasteiger charge is -2.27. The van der Waals surface area contributed by atoms with E-state index >= 15 is 0 Å². The lowest BCUT2D eigenvalue weighted by atomic mass is 9.84. The molecule has 1 aromatic rings. The van der Waals surface area contributed by atoms with Gasteiger partial charge in [0.05, 0.1) is 5.56 Å². The van der Waals surface area contributed by atoms with Gasteiger partial charge in [0.25, 0.3) is 0 Å². The van der Waals surface area contributed by atoms with Gasteiger partial charge in [-0.25, -0.2) is 4.79 Å². The third-order valence-corrected chi connectivity index (χ3v) is 3.54. The van der Waals surface area contributed by atoms with Crippen molar-refractivity contribution in [2.45, 2.75) is 24.8 Å². The summed E-state index contributed by atoms with van der Waals surface area (Å²) in [5.74, 6) is -0.792. The van der Waals surface area contributed by atoms with Crippen molar-refractivity contribution in [2.75, 3.05) is 6.54 Å². The van der Waals surface area contributed by atoms with Gasteiger partial charge >= 0.3 is 5.97 Å². The van der Waals surface area contributed by atoms with Crippen molar-refractivity contribution in [3.8, 4) is 0 Å². The number of aromatic carboxylic acids is 1. The molecule has 0 amide bonds. The molecule has 3 rings (SSSR count). The first-order valence-corrected chi connectivity index (χ1v) is 5.29. The van der Waals surface area contributed by atoms with E-state index in [0.717, 1.165) is 31.5 Å². The molecule has 0 bridgehead atoms. The molecule has 1 aromatic carbocycles. The number of halogens is 1. The summed E-state index contributed by atoms with van der Waals surface area (Å²) in [5.41, 5.74) is 2.91. The van der Waals surface area contributed by atoms with Crippen molar-refractivity contribution in [1.82, 2.24) is 5.32 Å². The summed E-state index contributed by atoms with van der Waals surface area (Å²) in [6.07, 6.45) is 2.24. The molecule has 0 aromatic heterocycles. The zero-order valence-corrected chi connectivity index (χ0v) is 9.64. The van der Waals surface area contributed by atoms with E-state index in [2.05, 4.69) is 5.32 Å². The Hall–Kier alpha value is -1.06. The number of hydrogen-bond acceptors (Lipinski definition) is 2. The fourth-order valence-electron chi connectivity index (χ4n) is 2.65. The van der Waals surface area contributed by atoms with Crippen molar-refractivity contribution in [2.24, 2.45) is 0 Å². The Kier molecular flexibility index (Phi) is 2.68. The standard InChI is InChI=1S/C12H13NO2.ClH/c14-11(15)9-3-1-2-8-6-13-7-12(4-5-12)10(8)9;/h1-3,13H,4-7H2,(H,14,15);1H. The van der Waals surface area contributed by atoms with Crippen LogP contribution in [0.2, 0.25) is 0 Å². The minimum absolute atomic E-state index is 0. The summed E-state index contributed by atoms with van der Waals surface area (Å²) in [5, 5.41) is 12.5. The minimum Gasteiger partial charge on any atom is -0.478 e. The van der Waals surface area contributed by atoms with Crippen molar-refractivity contribution in [3.05, 3.63) is 34.9 Å². The van der Waals surface area contributed by atoms with Crippen LogP contribution in [0.15, 0.2) is 18.2 Å². The highest BCUT2D eigenvalue weighted by molar-refractivity contribution is 5.90. The first-order chi connectivity index (χ1) is 7.23. The van der Waals surface area contributed by atoms with E-state index in [0.29, 0.717) is 5.56 Å². The van der Waals surface area contributed by atoms with Crippen molar-refractivity contribution in [3.63, 3.8) is 0 Å². The van der Waals surface area contributed by atoms with E-state index in [1.54, 1.807) is 6.07 Å². The second-order valence-corrected chi connectivity index (χ2v) is 4.53. The molecule has 0 saturated heterocycles. The highest BCUT2D eigenvalue weighted by atomic mass is 35.5. The Morgan fingerprint density at radius 1 is 1.38 bits per heavy atom. The molecular formula is C12H14ClNO2. The summed E-state index contributed by atoms with van der Waals surface area (Å²) in [6.45, 7) is 1.74. The van der Waals surface area contributed by atoms with E-state index < -0.39 is 5.97 Å². The first kappa shape index (κ1) is 11.4. The second-order valence-electron chi connectivity index (χ2n) is 4.53. The molecule has 3 nitrogen and oxygen atoms in total. The van der Waals surface area contributed by atoms with Crippen LogP contribution in [-0.2, 0) is 12.0 Å². The number of carbonyl (C=O) groups is 1.